The van der Waals surface area contributed by atoms with Gasteiger partial charge in [0, 0.05) is 11.6 Å². The molecule has 182 valence electrons. The van der Waals surface area contributed by atoms with Gasteiger partial charge in [0.2, 0.25) is 0 Å². The van der Waals surface area contributed by atoms with Crippen molar-refractivity contribution in [2.75, 3.05) is 6.61 Å². The molecule has 9 heteroatoms. The molecule has 2 aromatic carbocycles. The van der Waals surface area contributed by atoms with Crippen LogP contribution in [-0.4, -0.2) is 12.6 Å². The summed E-state index contributed by atoms with van der Waals surface area (Å²) in [5, 5.41) is 0. The molecule has 0 bridgehead atoms. The van der Waals surface area contributed by atoms with Crippen LogP contribution < -0.4 is 5.73 Å². The van der Waals surface area contributed by atoms with Crippen LogP contribution in [0.25, 0.3) is 11.1 Å². The second kappa shape index (κ2) is 12.1. The highest BCUT2D eigenvalue weighted by Crippen LogP contribution is 2.39. The molecule has 1 atom stereocenters. The number of allylic oxidation sites excluding steroid dienone is 2. The quantitative estimate of drug-likeness (QED) is 0.250. The van der Waals surface area contributed by atoms with Crippen molar-refractivity contribution in [2.24, 2.45) is 5.73 Å². The van der Waals surface area contributed by atoms with Gasteiger partial charge in [0.1, 0.15) is 11.6 Å². The van der Waals surface area contributed by atoms with Crippen LogP contribution in [0, 0.1) is 18.6 Å². The van der Waals surface area contributed by atoms with E-state index in [9.17, 15) is 26.7 Å². The van der Waals surface area contributed by atoms with Gasteiger partial charge in [-0.25, -0.2) is 8.78 Å². The first-order valence-electron chi connectivity index (χ1n) is 10.2. The third-order valence-electron chi connectivity index (χ3n) is 4.98. The highest BCUT2D eigenvalue weighted by Gasteiger charge is 2.37. The largest absolute Gasteiger partial charge is 0.466 e. The van der Waals surface area contributed by atoms with Crippen LogP contribution in [0.15, 0.2) is 36.4 Å². The number of esters is 1. The summed E-state index contributed by atoms with van der Waals surface area (Å²) >= 11 is 0. The zero-order valence-corrected chi connectivity index (χ0v) is 19.4. The van der Waals surface area contributed by atoms with Crippen molar-refractivity contribution < 1.29 is 31.5 Å². The number of aryl methyl sites for hydroxylation is 2. The Morgan fingerprint density at radius 2 is 1.85 bits per heavy atom. The second-order valence-electron chi connectivity index (χ2n) is 7.40. The summed E-state index contributed by atoms with van der Waals surface area (Å²) in [6, 6.07) is 3.04. The topological polar surface area (TPSA) is 52.3 Å². The molecule has 0 amide bonds. The molecule has 0 aliphatic rings. The number of halogens is 6. The molecule has 0 unspecified atom stereocenters. The molecule has 0 heterocycles. The SMILES string of the molecule is CC=CCCc1cc(F)cc(C)c1-c1cc([C@@H](N)CC(=O)OCC)c(F)c(C(F)(F)F)c1.Cl. The molecule has 2 N–H and O–H groups in total. The Bertz CT molecular complexity index is 1010. The second-order valence-corrected chi connectivity index (χ2v) is 7.40. The number of hydrogen-bond acceptors (Lipinski definition) is 3. The van der Waals surface area contributed by atoms with E-state index < -0.39 is 47.4 Å². The fourth-order valence-corrected chi connectivity index (χ4v) is 3.61. The van der Waals surface area contributed by atoms with E-state index in [0.29, 0.717) is 35.6 Å². The van der Waals surface area contributed by atoms with E-state index in [2.05, 4.69) is 0 Å². The van der Waals surface area contributed by atoms with E-state index in [4.69, 9.17) is 10.5 Å². The summed E-state index contributed by atoms with van der Waals surface area (Å²) < 4.78 is 74.6. The Morgan fingerprint density at radius 3 is 2.42 bits per heavy atom. The molecule has 0 aromatic heterocycles. The monoisotopic (exact) mass is 491 g/mol. The first kappa shape index (κ1) is 28.6. The van der Waals surface area contributed by atoms with Gasteiger partial charge in [-0.1, -0.05) is 12.2 Å². The van der Waals surface area contributed by atoms with Crippen LogP contribution in [0.1, 0.15) is 55.0 Å². The van der Waals surface area contributed by atoms with Crippen molar-refractivity contribution in [1.29, 1.82) is 0 Å². The van der Waals surface area contributed by atoms with Crippen molar-refractivity contribution in [2.45, 2.75) is 52.3 Å². The molecular weight excluding hydrogens is 465 g/mol. The average Bonchev–Trinajstić information content (AvgIpc) is 2.67. The number of hydrogen-bond donors (Lipinski definition) is 1. The van der Waals surface area contributed by atoms with Crippen LogP contribution in [0.3, 0.4) is 0 Å². The van der Waals surface area contributed by atoms with E-state index in [1.165, 1.54) is 18.2 Å². The Hall–Kier alpha value is -2.45. The molecular formula is C24H27ClF5NO2. The van der Waals surface area contributed by atoms with Crippen LogP contribution in [0.5, 0.6) is 0 Å². The summed E-state index contributed by atoms with van der Waals surface area (Å²) in [6.07, 6.45) is -0.871. The zero-order chi connectivity index (χ0) is 24.1. The lowest BCUT2D eigenvalue weighted by Gasteiger charge is -2.20. The van der Waals surface area contributed by atoms with Gasteiger partial charge < -0.3 is 10.5 Å². The van der Waals surface area contributed by atoms with Gasteiger partial charge in [0.15, 0.2) is 0 Å². The molecule has 0 aliphatic carbocycles. The number of alkyl halides is 3. The van der Waals surface area contributed by atoms with E-state index in [1.807, 2.05) is 19.1 Å². The molecule has 2 rings (SSSR count). The van der Waals surface area contributed by atoms with E-state index >= 15 is 0 Å². The number of benzene rings is 2. The van der Waals surface area contributed by atoms with E-state index in [-0.39, 0.29) is 24.6 Å². The molecule has 0 saturated heterocycles. The highest BCUT2D eigenvalue weighted by atomic mass is 35.5. The van der Waals surface area contributed by atoms with Gasteiger partial charge in [-0.05, 0) is 80.1 Å². The van der Waals surface area contributed by atoms with Gasteiger partial charge in [0.25, 0.3) is 0 Å². The molecule has 0 spiro atoms. The maximum atomic E-state index is 14.8. The third kappa shape index (κ3) is 7.27. The highest BCUT2D eigenvalue weighted by molar-refractivity contribution is 5.85. The molecule has 0 radical (unpaired) electrons. The van der Waals surface area contributed by atoms with Crippen LogP contribution >= 0.6 is 12.4 Å². The average molecular weight is 492 g/mol. The van der Waals surface area contributed by atoms with Gasteiger partial charge >= 0.3 is 12.1 Å². The molecule has 0 aliphatic heterocycles. The summed E-state index contributed by atoms with van der Waals surface area (Å²) in [7, 11) is 0. The predicted molar refractivity (Wildman–Crippen MR) is 120 cm³/mol. The minimum Gasteiger partial charge on any atom is -0.466 e. The summed E-state index contributed by atoms with van der Waals surface area (Å²) in [5.74, 6) is -2.80. The number of rotatable bonds is 8. The van der Waals surface area contributed by atoms with Crippen molar-refractivity contribution in [3.63, 3.8) is 0 Å². The van der Waals surface area contributed by atoms with Crippen LogP contribution in [0.2, 0.25) is 0 Å². The molecule has 2 aromatic rings. The van der Waals surface area contributed by atoms with Crippen molar-refractivity contribution >= 4 is 18.4 Å². The zero-order valence-electron chi connectivity index (χ0n) is 18.6. The number of ether oxygens (including phenoxy) is 1. The first-order valence-corrected chi connectivity index (χ1v) is 10.2. The summed E-state index contributed by atoms with van der Waals surface area (Å²) in [5.41, 5.74) is 5.30. The molecule has 33 heavy (non-hydrogen) atoms. The van der Waals surface area contributed by atoms with Gasteiger partial charge in [-0.3, -0.25) is 4.79 Å². The summed E-state index contributed by atoms with van der Waals surface area (Å²) in [6.45, 7) is 5.03. The van der Waals surface area contributed by atoms with Gasteiger partial charge in [-0.15, -0.1) is 12.4 Å². The number of carbonyl (C=O) groups is 1. The maximum absolute atomic E-state index is 14.8. The third-order valence-corrected chi connectivity index (χ3v) is 4.98. The minimum absolute atomic E-state index is 0. The Labute approximate surface area is 196 Å². The standard InChI is InChI=1S/C24H26F5NO2.ClH/c1-4-6-7-8-15-10-17(25)9-14(3)22(15)16-11-18(20(30)13-21(31)32-5-2)23(26)19(12-16)24(27,28)29;/h4,6,9-12,20H,5,7-8,13,30H2,1-3H3;1H/t20-;/m0./s1. The molecule has 3 nitrogen and oxygen atoms in total. The van der Waals surface area contributed by atoms with Crippen molar-refractivity contribution in [3.05, 3.63) is 70.3 Å². The van der Waals surface area contributed by atoms with Gasteiger partial charge in [0.05, 0.1) is 18.6 Å². The Kier molecular flexibility index (Phi) is 10.5. The van der Waals surface area contributed by atoms with Crippen molar-refractivity contribution in [3.8, 4) is 11.1 Å². The smallest absolute Gasteiger partial charge is 0.419 e. The Morgan fingerprint density at radius 1 is 1.18 bits per heavy atom. The van der Waals surface area contributed by atoms with Crippen molar-refractivity contribution in [1.82, 2.24) is 0 Å². The van der Waals surface area contributed by atoms with Crippen LogP contribution in [-0.2, 0) is 22.1 Å². The van der Waals surface area contributed by atoms with E-state index in [0.717, 1.165) is 0 Å². The minimum atomic E-state index is -4.99. The number of nitrogens with two attached hydrogens (primary N) is 1. The van der Waals surface area contributed by atoms with Crippen LogP contribution in [0.4, 0.5) is 22.0 Å². The molecule has 0 saturated carbocycles. The maximum Gasteiger partial charge on any atom is 0.419 e. The predicted octanol–water partition coefficient (Wildman–Crippen LogP) is 6.84. The normalized spacial score (nSPS) is 12.5. The summed E-state index contributed by atoms with van der Waals surface area (Å²) in [4.78, 5) is 11.8. The fourth-order valence-electron chi connectivity index (χ4n) is 3.61. The lowest BCUT2D eigenvalue weighted by atomic mass is 9.88. The van der Waals surface area contributed by atoms with Gasteiger partial charge in [-0.2, -0.15) is 13.2 Å². The molecule has 0 fully saturated rings. The number of carbonyl (C=O) groups excluding carboxylic acids is 1. The Balaban J connectivity index is 0.00000544. The first-order chi connectivity index (χ1) is 15.0. The van der Waals surface area contributed by atoms with E-state index in [1.54, 1.807) is 13.8 Å². The lowest BCUT2D eigenvalue weighted by Crippen LogP contribution is -2.21. The lowest BCUT2D eigenvalue weighted by molar-refractivity contribution is -0.143. The fraction of sp³-hybridized carbons (Fsp3) is 0.375.